The summed E-state index contributed by atoms with van der Waals surface area (Å²) in [5.74, 6) is 2.40. The number of hydrogen-bond donors (Lipinski definition) is 2. The third kappa shape index (κ3) is 6.99. The number of aliphatic imine (C=N–C) groups is 1. The first-order chi connectivity index (χ1) is 13.3. The van der Waals surface area contributed by atoms with Crippen molar-refractivity contribution in [1.29, 1.82) is 0 Å². The van der Waals surface area contributed by atoms with Gasteiger partial charge < -0.3 is 25.0 Å². The van der Waals surface area contributed by atoms with Crippen LogP contribution in [0.25, 0.3) is 0 Å². The van der Waals surface area contributed by atoms with Gasteiger partial charge in [0.2, 0.25) is 0 Å². The molecule has 150 valence electrons. The van der Waals surface area contributed by atoms with Crippen LogP contribution >= 0.6 is 0 Å². The van der Waals surface area contributed by atoms with Crippen molar-refractivity contribution in [3.05, 3.63) is 24.5 Å². The van der Waals surface area contributed by atoms with Crippen molar-refractivity contribution in [2.24, 2.45) is 10.9 Å². The summed E-state index contributed by atoms with van der Waals surface area (Å²) < 4.78 is 11.2. The quantitative estimate of drug-likeness (QED) is 0.408. The van der Waals surface area contributed by atoms with Crippen molar-refractivity contribution in [1.82, 2.24) is 20.5 Å². The second kappa shape index (κ2) is 11.1. The molecule has 0 saturated carbocycles. The van der Waals surface area contributed by atoms with E-state index in [2.05, 4.69) is 32.4 Å². The van der Waals surface area contributed by atoms with Gasteiger partial charge in [0.25, 0.3) is 0 Å². The maximum absolute atomic E-state index is 5.66. The molecule has 0 aliphatic carbocycles. The summed E-state index contributed by atoms with van der Waals surface area (Å²) in [6, 6.07) is 4.26. The van der Waals surface area contributed by atoms with Gasteiger partial charge in [-0.3, -0.25) is 4.98 Å². The lowest BCUT2D eigenvalue weighted by Crippen LogP contribution is -2.49. The van der Waals surface area contributed by atoms with Crippen molar-refractivity contribution >= 4 is 5.96 Å². The van der Waals surface area contributed by atoms with E-state index >= 15 is 0 Å². The van der Waals surface area contributed by atoms with Crippen LogP contribution in [-0.4, -0.2) is 74.4 Å². The first-order valence-corrected chi connectivity index (χ1v) is 10.2. The smallest absolute Gasteiger partial charge is 0.191 e. The monoisotopic (exact) mass is 375 g/mol. The molecule has 7 heteroatoms. The number of piperidine rings is 1. The van der Waals surface area contributed by atoms with E-state index in [1.807, 2.05) is 12.1 Å². The van der Waals surface area contributed by atoms with Gasteiger partial charge in [-0.15, -0.1) is 0 Å². The molecule has 2 fully saturated rings. The van der Waals surface area contributed by atoms with Crippen LogP contribution in [0.5, 0.6) is 5.75 Å². The van der Waals surface area contributed by atoms with Gasteiger partial charge in [-0.05, 0) is 44.2 Å². The highest BCUT2D eigenvalue weighted by Gasteiger charge is 2.24. The number of guanidine groups is 1. The fourth-order valence-electron chi connectivity index (χ4n) is 3.62. The van der Waals surface area contributed by atoms with Crippen molar-refractivity contribution in [2.45, 2.75) is 32.2 Å². The lowest BCUT2D eigenvalue weighted by atomic mass is 10.0. The molecule has 0 amide bonds. The van der Waals surface area contributed by atoms with E-state index in [-0.39, 0.29) is 0 Å². The predicted octanol–water partition coefficient (Wildman–Crippen LogP) is 1.52. The van der Waals surface area contributed by atoms with Crippen LogP contribution in [0.3, 0.4) is 0 Å². The summed E-state index contributed by atoms with van der Waals surface area (Å²) in [6.07, 6.45) is 6.99. The van der Waals surface area contributed by atoms with Crippen LogP contribution in [-0.2, 0) is 4.74 Å². The molecule has 2 aliphatic heterocycles. The Bertz CT molecular complexity index is 555. The Hall–Kier alpha value is -1.86. The van der Waals surface area contributed by atoms with Gasteiger partial charge >= 0.3 is 0 Å². The van der Waals surface area contributed by atoms with Gasteiger partial charge in [-0.1, -0.05) is 0 Å². The number of nitrogens with one attached hydrogen (secondary N) is 2. The fourth-order valence-corrected chi connectivity index (χ4v) is 3.62. The van der Waals surface area contributed by atoms with Crippen LogP contribution in [0.4, 0.5) is 0 Å². The predicted molar refractivity (Wildman–Crippen MR) is 107 cm³/mol. The fraction of sp³-hybridized carbons (Fsp3) is 0.700. The molecule has 2 N–H and O–H groups in total. The molecule has 0 bridgehead atoms. The average molecular weight is 376 g/mol. The van der Waals surface area contributed by atoms with Gasteiger partial charge in [-0.2, -0.15) is 0 Å². The Morgan fingerprint density at radius 2 is 2.26 bits per heavy atom. The van der Waals surface area contributed by atoms with Crippen LogP contribution < -0.4 is 15.4 Å². The largest absolute Gasteiger partial charge is 0.490 e. The topological polar surface area (TPSA) is 71.0 Å². The molecule has 2 saturated heterocycles. The highest BCUT2D eigenvalue weighted by Crippen LogP contribution is 2.17. The SMILES string of the molecule is CCNC(=NCCOc1cccnc1)NC1CCN(CC2CCOC2)CC1. The van der Waals surface area contributed by atoms with Gasteiger partial charge in [0.05, 0.1) is 19.3 Å². The summed E-state index contributed by atoms with van der Waals surface area (Å²) in [7, 11) is 0. The molecule has 1 aromatic rings. The van der Waals surface area contributed by atoms with Gasteiger partial charge in [0.1, 0.15) is 12.4 Å². The highest BCUT2D eigenvalue weighted by molar-refractivity contribution is 5.80. The first-order valence-electron chi connectivity index (χ1n) is 10.2. The molecule has 0 aromatic carbocycles. The number of aromatic nitrogens is 1. The number of nitrogens with zero attached hydrogens (tertiary/aromatic N) is 3. The Balaban J connectivity index is 1.37. The zero-order valence-electron chi connectivity index (χ0n) is 16.4. The van der Waals surface area contributed by atoms with Crippen molar-refractivity contribution in [3.8, 4) is 5.75 Å². The second-order valence-electron chi connectivity index (χ2n) is 7.25. The van der Waals surface area contributed by atoms with E-state index in [4.69, 9.17) is 9.47 Å². The van der Waals surface area contributed by atoms with Crippen LogP contribution in [0.2, 0.25) is 0 Å². The number of ether oxygens (including phenoxy) is 2. The lowest BCUT2D eigenvalue weighted by Gasteiger charge is -2.34. The molecule has 7 nitrogen and oxygen atoms in total. The minimum Gasteiger partial charge on any atom is -0.490 e. The molecule has 27 heavy (non-hydrogen) atoms. The summed E-state index contributed by atoms with van der Waals surface area (Å²) in [6.45, 7) is 9.48. The van der Waals surface area contributed by atoms with E-state index < -0.39 is 0 Å². The number of rotatable bonds is 8. The molecule has 0 spiro atoms. The van der Waals surface area contributed by atoms with Gasteiger partial charge in [0, 0.05) is 45.0 Å². The maximum Gasteiger partial charge on any atom is 0.191 e. The Morgan fingerprint density at radius 3 is 2.96 bits per heavy atom. The molecule has 1 aromatic heterocycles. The average Bonchev–Trinajstić information content (AvgIpc) is 3.21. The molecule has 2 aliphatic rings. The molecule has 3 rings (SSSR count). The normalized spacial score (nSPS) is 22.0. The van der Waals surface area contributed by atoms with E-state index in [0.717, 1.165) is 63.3 Å². The summed E-state index contributed by atoms with van der Waals surface area (Å²) in [5.41, 5.74) is 0. The van der Waals surface area contributed by atoms with Gasteiger partial charge in [0.15, 0.2) is 5.96 Å². The van der Waals surface area contributed by atoms with Crippen molar-refractivity contribution in [2.75, 3.05) is 52.5 Å². The van der Waals surface area contributed by atoms with E-state index in [0.29, 0.717) is 19.2 Å². The number of pyridine rings is 1. The van der Waals surface area contributed by atoms with E-state index in [1.54, 1.807) is 12.4 Å². The lowest BCUT2D eigenvalue weighted by molar-refractivity contribution is 0.150. The van der Waals surface area contributed by atoms with Crippen LogP contribution in [0.1, 0.15) is 26.2 Å². The first kappa shape index (κ1) is 19.9. The molecular weight excluding hydrogens is 342 g/mol. The van der Waals surface area contributed by atoms with Crippen molar-refractivity contribution in [3.63, 3.8) is 0 Å². The molecule has 1 atom stereocenters. The van der Waals surface area contributed by atoms with E-state index in [1.165, 1.54) is 13.0 Å². The summed E-state index contributed by atoms with van der Waals surface area (Å²) in [5, 5.41) is 6.93. The van der Waals surface area contributed by atoms with Crippen LogP contribution in [0.15, 0.2) is 29.5 Å². The summed E-state index contributed by atoms with van der Waals surface area (Å²) >= 11 is 0. The highest BCUT2D eigenvalue weighted by atomic mass is 16.5. The Kier molecular flexibility index (Phi) is 8.17. The molecule has 3 heterocycles. The molecule has 0 radical (unpaired) electrons. The molecular formula is C20H33N5O2. The zero-order valence-corrected chi connectivity index (χ0v) is 16.4. The Morgan fingerprint density at radius 1 is 1.37 bits per heavy atom. The summed E-state index contributed by atoms with van der Waals surface area (Å²) in [4.78, 5) is 11.3. The minimum atomic E-state index is 0.484. The third-order valence-corrected chi connectivity index (χ3v) is 5.08. The number of likely N-dealkylation sites (tertiary alicyclic amines) is 1. The van der Waals surface area contributed by atoms with Crippen molar-refractivity contribution < 1.29 is 9.47 Å². The van der Waals surface area contributed by atoms with Crippen LogP contribution in [0, 0.1) is 5.92 Å². The van der Waals surface area contributed by atoms with Gasteiger partial charge in [-0.25, -0.2) is 4.99 Å². The standard InChI is InChI=1S/C20H33N5O2/c1-2-22-20(23-9-13-27-19-4-3-8-21-14-19)24-18-5-10-25(11-6-18)15-17-7-12-26-16-17/h3-4,8,14,17-18H,2,5-7,9-13,15-16H2,1H3,(H2,22,23,24). The molecule has 1 unspecified atom stereocenters. The maximum atomic E-state index is 5.66. The van der Waals surface area contributed by atoms with E-state index in [9.17, 15) is 0 Å². The minimum absolute atomic E-state index is 0.484. The second-order valence-corrected chi connectivity index (χ2v) is 7.25. The zero-order chi connectivity index (χ0) is 18.7. The number of hydrogen-bond acceptors (Lipinski definition) is 5. The Labute approximate surface area is 162 Å². The third-order valence-electron chi connectivity index (χ3n) is 5.08.